The molecule has 19 nitrogen and oxygen atoms in total. The molecule has 3 aromatic heterocycles. The van der Waals surface area contributed by atoms with E-state index < -0.39 is 23.4 Å². The third-order valence-corrected chi connectivity index (χ3v) is 13.9. The maximum absolute atomic E-state index is 13.5. The molecule has 6 heterocycles. The molecule has 2 saturated heterocycles. The molecule has 74 heavy (non-hydrogen) atoms. The summed E-state index contributed by atoms with van der Waals surface area (Å²) in [6.07, 6.45) is 4.28. The van der Waals surface area contributed by atoms with E-state index in [0.29, 0.717) is 44.3 Å². The molecule has 10 rings (SSSR count). The van der Waals surface area contributed by atoms with Crippen LogP contribution in [0.5, 0.6) is 0 Å². The van der Waals surface area contributed by atoms with Crippen molar-refractivity contribution in [2.24, 2.45) is 16.8 Å². The predicted octanol–water partition coefficient (Wildman–Crippen LogP) is 12.0. The zero-order valence-electron chi connectivity index (χ0n) is 42.6. The molecule has 7 aromatic rings. The van der Waals surface area contributed by atoms with Crippen LogP contribution in [-0.2, 0) is 16.0 Å². The standard InChI is InChI=1S/C31H37N7O5S.C22H22N6OS/c1-19-14-15-36(18-19)26(39)33-22-10-8-20(9-11-22)25-34-35-27(44-25)37(28(40)42-30(2,3)4)23-12-13-24-21(16-23)17-32-38(24)29(41)43-31(5,6)7;1-14-8-9-28(13-14)22(29)25-18-5-2-15(3-6-18)20-26-27-21(30-20)24-19-7-4-16-11-23-12-17(16)10-19/h8-13,16-17,19H,14-15,18H2,1-7H3,(H,33,39);2-7,10,12,14H,8-9,11,13H2,1H3,(H,24,27)(H,25,29). The maximum Gasteiger partial charge on any atom is 0.435 e. The number of carbonyl (C=O) groups excluding carboxylic acids is 4. The van der Waals surface area contributed by atoms with Gasteiger partial charge in [0.2, 0.25) is 10.3 Å². The first-order valence-corrected chi connectivity index (χ1v) is 26.1. The first kappa shape index (κ1) is 51.1. The lowest BCUT2D eigenvalue weighted by molar-refractivity contribution is 0.0521. The molecular formula is C53H59N13O6S2. The van der Waals surface area contributed by atoms with Crippen LogP contribution in [0.25, 0.3) is 32.0 Å². The van der Waals surface area contributed by atoms with Crippen LogP contribution in [0.4, 0.5) is 52.2 Å². The number of ether oxygens (including phenoxy) is 2. The summed E-state index contributed by atoms with van der Waals surface area (Å²) in [4.78, 5) is 60.4. The van der Waals surface area contributed by atoms with Crippen molar-refractivity contribution in [2.45, 2.75) is 86.0 Å². The number of hydrogen-bond donors (Lipinski definition) is 3. The number of likely N-dealkylation sites (tertiary alicyclic amines) is 2. The van der Waals surface area contributed by atoms with Crippen molar-refractivity contribution < 1.29 is 28.7 Å². The molecule has 2 unspecified atom stereocenters. The van der Waals surface area contributed by atoms with E-state index in [0.717, 1.165) is 83.8 Å². The third-order valence-electron chi connectivity index (χ3n) is 12.1. The van der Waals surface area contributed by atoms with Gasteiger partial charge in [-0.2, -0.15) is 9.78 Å². The second-order valence-corrected chi connectivity index (χ2v) is 22.5. The summed E-state index contributed by atoms with van der Waals surface area (Å²) in [6, 6.07) is 26.2. The van der Waals surface area contributed by atoms with Gasteiger partial charge in [0.15, 0.2) is 0 Å². The minimum Gasteiger partial charge on any atom is -0.443 e. The van der Waals surface area contributed by atoms with Gasteiger partial charge in [0.1, 0.15) is 21.2 Å². The number of carbonyl (C=O) groups is 4. The summed E-state index contributed by atoms with van der Waals surface area (Å²) in [5.41, 5.74) is 6.11. The molecule has 384 valence electrons. The second-order valence-electron chi connectivity index (χ2n) is 20.6. The number of benzene rings is 4. The number of nitrogens with zero attached hydrogens (tertiary/aromatic N) is 10. The fourth-order valence-electron chi connectivity index (χ4n) is 8.36. The van der Waals surface area contributed by atoms with E-state index >= 15 is 0 Å². The Labute approximate surface area is 437 Å². The van der Waals surface area contributed by atoms with Crippen LogP contribution < -0.4 is 20.9 Å². The van der Waals surface area contributed by atoms with Gasteiger partial charge in [-0.15, -0.1) is 20.4 Å². The lowest BCUT2D eigenvalue weighted by Gasteiger charge is -2.25. The van der Waals surface area contributed by atoms with Crippen LogP contribution in [0.2, 0.25) is 0 Å². The topological polar surface area (TPSA) is 214 Å². The van der Waals surface area contributed by atoms with Crippen molar-refractivity contribution in [1.82, 2.24) is 40.0 Å². The van der Waals surface area contributed by atoms with Gasteiger partial charge in [-0.1, -0.05) is 42.6 Å². The highest BCUT2D eigenvalue weighted by Gasteiger charge is 2.30. The smallest absolute Gasteiger partial charge is 0.435 e. The van der Waals surface area contributed by atoms with Gasteiger partial charge in [-0.05, 0) is 156 Å². The van der Waals surface area contributed by atoms with Crippen molar-refractivity contribution in [1.29, 1.82) is 0 Å². The molecule has 2 fully saturated rings. The molecule has 0 aliphatic carbocycles. The average molecular weight is 1040 g/mol. The molecule has 2 atom stereocenters. The van der Waals surface area contributed by atoms with Crippen molar-refractivity contribution in [2.75, 3.05) is 47.0 Å². The molecule has 3 N–H and O–H groups in total. The third kappa shape index (κ3) is 12.5. The van der Waals surface area contributed by atoms with E-state index in [1.165, 1.54) is 44.0 Å². The molecule has 0 bridgehead atoms. The van der Waals surface area contributed by atoms with Crippen LogP contribution >= 0.6 is 22.7 Å². The van der Waals surface area contributed by atoms with Crippen molar-refractivity contribution in [3.8, 4) is 21.1 Å². The van der Waals surface area contributed by atoms with Crippen LogP contribution in [0.1, 0.15) is 79.4 Å². The van der Waals surface area contributed by atoms with Gasteiger partial charge in [0, 0.05) is 66.0 Å². The highest BCUT2D eigenvalue weighted by Crippen LogP contribution is 2.37. The maximum atomic E-state index is 13.5. The number of amides is 5. The van der Waals surface area contributed by atoms with Crippen LogP contribution in [-0.4, -0.2) is 108 Å². The Kier molecular flexibility index (Phi) is 14.8. The van der Waals surface area contributed by atoms with Crippen molar-refractivity contribution >= 4 is 97.1 Å². The second kappa shape index (κ2) is 21.4. The molecule has 21 heteroatoms. The Bertz CT molecular complexity index is 3210. The Hall–Kier alpha value is -7.78. The number of aliphatic imine (C=N–C) groups is 1. The van der Waals surface area contributed by atoms with E-state index in [4.69, 9.17) is 9.47 Å². The Balaban J connectivity index is 0.000000195. The van der Waals surface area contributed by atoms with Crippen molar-refractivity contribution in [3.63, 3.8) is 0 Å². The molecular weight excluding hydrogens is 979 g/mol. The van der Waals surface area contributed by atoms with Crippen LogP contribution in [0.15, 0.2) is 96.1 Å². The summed E-state index contributed by atoms with van der Waals surface area (Å²) < 4.78 is 12.4. The van der Waals surface area contributed by atoms with Gasteiger partial charge in [0.05, 0.1) is 23.9 Å². The number of rotatable bonds is 8. The van der Waals surface area contributed by atoms with Gasteiger partial charge in [-0.25, -0.2) is 24.1 Å². The van der Waals surface area contributed by atoms with Gasteiger partial charge in [0.25, 0.3) is 0 Å². The first-order chi connectivity index (χ1) is 35.3. The highest BCUT2D eigenvalue weighted by molar-refractivity contribution is 7.19. The molecule has 0 saturated carbocycles. The molecule has 4 aromatic carbocycles. The Morgan fingerprint density at radius 2 is 1.26 bits per heavy atom. The Morgan fingerprint density at radius 3 is 1.84 bits per heavy atom. The first-order valence-electron chi connectivity index (χ1n) is 24.4. The summed E-state index contributed by atoms with van der Waals surface area (Å²) in [7, 11) is 0. The predicted molar refractivity (Wildman–Crippen MR) is 290 cm³/mol. The van der Waals surface area contributed by atoms with Crippen LogP contribution in [0.3, 0.4) is 0 Å². The average Bonchev–Trinajstić information content (AvgIpc) is 4.22. The number of urea groups is 2. The van der Waals surface area contributed by atoms with E-state index in [9.17, 15) is 19.2 Å². The zero-order chi connectivity index (χ0) is 52.3. The normalized spacial score (nSPS) is 16.1. The minimum absolute atomic E-state index is 0.0334. The lowest BCUT2D eigenvalue weighted by Crippen LogP contribution is -2.33. The zero-order valence-corrected chi connectivity index (χ0v) is 44.2. The van der Waals surface area contributed by atoms with E-state index in [2.05, 4.69) is 72.4 Å². The number of aromatic nitrogens is 6. The Morgan fingerprint density at radius 1 is 0.676 bits per heavy atom. The molecule has 0 spiro atoms. The number of nitrogens with one attached hydrogen (secondary N) is 3. The van der Waals surface area contributed by atoms with Crippen molar-refractivity contribution in [3.05, 3.63) is 102 Å². The summed E-state index contributed by atoms with van der Waals surface area (Å²) in [5, 5.41) is 33.7. The molecule has 3 aliphatic heterocycles. The largest absolute Gasteiger partial charge is 0.443 e. The van der Waals surface area contributed by atoms with E-state index in [1.54, 1.807) is 59.7 Å². The fraction of sp³-hybridized carbons (Fsp3) is 0.358. The molecule has 3 aliphatic rings. The van der Waals surface area contributed by atoms with E-state index in [1.807, 2.05) is 70.6 Å². The van der Waals surface area contributed by atoms with Gasteiger partial charge >= 0.3 is 24.2 Å². The number of fused-ring (bicyclic) bond motifs is 2. The lowest BCUT2D eigenvalue weighted by atomic mass is 10.1. The number of hydrogen-bond acceptors (Lipinski definition) is 15. The van der Waals surface area contributed by atoms with Crippen LogP contribution in [0, 0.1) is 11.8 Å². The van der Waals surface area contributed by atoms with Gasteiger partial charge < -0.3 is 35.2 Å². The van der Waals surface area contributed by atoms with E-state index in [-0.39, 0.29) is 12.1 Å². The summed E-state index contributed by atoms with van der Waals surface area (Å²) >= 11 is 2.71. The monoisotopic (exact) mass is 1040 g/mol. The minimum atomic E-state index is -0.762. The number of anilines is 6. The van der Waals surface area contributed by atoms with Gasteiger partial charge in [-0.3, -0.25) is 4.99 Å². The molecule has 0 radical (unpaired) electrons. The SMILES string of the molecule is CC1CCN(C(=O)Nc2ccc(-c3nnc(N(C(=O)OC(C)(C)C)c4ccc5c(cnn5C(=O)OC(C)(C)C)c4)s3)cc2)C1.CC1CCN(C(=O)Nc2ccc(-c3nnc(Nc4ccc5c(c4)C=NC5)s3)cc2)C1. The highest BCUT2D eigenvalue weighted by atomic mass is 32.1. The molecule has 5 amide bonds. The summed E-state index contributed by atoms with van der Waals surface area (Å²) in [6.45, 7) is 18.9. The summed E-state index contributed by atoms with van der Waals surface area (Å²) in [5.74, 6) is 1.08. The quantitative estimate of drug-likeness (QED) is 0.130. The fourth-order valence-corrected chi connectivity index (χ4v) is 9.99.